The molecule has 0 spiro atoms. The molecule has 10 heteroatoms. The van der Waals surface area contributed by atoms with E-state index in [9.17, 15) is 16.8 Å². The van der Waals surface area contributed by atoms with Crippen LogP contribution in [0.4, 0.5) is 0 Å². The number of benzene rings is 3. The number of ether oxygens (including phenoxy) is 2. The second-order valence-electron chi connectivity index (χ2n) is 9.70. The number of fused-ring (bicyclic) bond motifs is 2. The van der Waals surface area contributed by atoms with Gasteiger partial charge in [0.25, 0.3) is 0 Å². The summed E-state index contributed by atoms with van der Waals surface area (Å²) in [5.41, 5.74) is 2.37. The van der Waals surface area contributed by atoms with E-state index in [1.807, 2.05) is 18.2 Å². The van der Waals surface area contributed by atoms with Crippen LogP contribution in [0.25, 0.3) is 0 Å². The first-order chi connectivity index (χ1) is 17.8. The Balaban J connectivity index is 1.19. The largest absolute Gasteiger partial charge is 0.454 e. The Morgan fingerprint density at radius 1 is 0.811 bits per heavy atom. The Morgan fingerprint density at radius 3 is 2.27 bits per heavy atom. The lowest BCUT2D eigenvalue weighted by Gasteiger charge is -2.35. The zero-order valence-electron chi connectivity index (χ0n) is 20.2. The lowest BCUT2D eigenvalue weighted by molar-refractivity contribution is 0.121. The van der Waals surface area contributed by atoms with E-state index in [4.69, 9.17) is 9.47 Å². The molecule has 0 bridgehead atoms. The molecule has 37 heavy (non-hydrogen) atoms. The lowest BCUT2D eigenvalue weighted by atomic mass is 10.0. The highest BCUT2D eigenvalue weighted by atomic mass is 32.2. The molecular weight excluding hydrogens is 512 g/mol. The van der Waals surface area contributed by atoms with Gasteiger partial charge in [0.15, 0.2) is 31.2 Å². The summed E-state index contributed by atoms with van der Waals surface area (Å²) in [7, 11) is -7.54. The minimum atomic E-state index is -3.86. The second kappa shape index (κ2) is 9.43. The van der Waals surface area contributed by atoms with Gasteiger partial charge in [-0.3, -0.25) is 9.80 Å². The van der Waals surface area contributed by atoms with Gasteiger partial charge in [-0.25, -0.2) is 16.8 Å². The Labute approximate surface area is 217 Å². The molecule has 1 atom stereocenters. The maximum absolute atomic E-state index is 13.5. The summed E-state index contributed by atoms with van der Waals surface area (Å²) in [6, 6.07) is 19.3. The topological polar surface area (TPSA) is 93.2 Å². The standard InChI is InChI=1S/C27H28N2O6S2/c30-36(31)18-26(37(32,33)22-6-2-1-3-7-22)27-21(5-4-8-25(27)36)17-29-13-11-28(12-14-29)16-20-9-10-23-24(15-20)35-19-34-23/h1-10,15,26H,11-14,16-19H2. The van der Waals surface area contributed by atoms with Gasteiger partial charge in [0.1, 0.15) is 5.25 Å². The van der Waals surface area contributed by atoms with Crippen LogP contribution in [0, 0.1) is 0 Å². The highest BCUT2D eigenvalue weighted by molar-refractivity contribution is 7.96. The molecule has 0 aromatic heterocycles. The first-order valence-corrected chi connectivity index (χ1v) is 15.5. The van der Waals surface area contributed by atoms with Crippen molar-refractivity contribution in [1.29, 1.82) is 0 Å². The summed E-state index contributed by atoms with van der Waals surface area (Å²) in [5.74, 6) is 1.14. The molecule has 1 saturated heterocycles. The number of rotatable bonds is 6. The van der Waals surface area contributed by atoms with Crippen LogP contribution in [0.15, 0.2) is 76.5 Å². The predicted molar refractivity (Wildman–Crippen MR) is 138 cm³/mol. The molecule has 0 radical (unpaired) electrons. The summed E-state index contributed by atoms with van der Waals surface area (Å²) < 4.78 is 63.9. The van der Waals surface area contributed by atoms with Crippen LogP contribution in [0.5, 0.6) is 11.5 Å². The zero-order valence-corrected chi connectivity index (χ0v) is 21.9. The van der Waals surface area contributed by atoms with Crippen LogP contribution in [0.1, 0.15) is 21.9 Å². The summed E-state index contributed by atoms with van der Waals surface area (Å²) in [6.07, 6.45) is 0. The van der Waals surface area contributed by atoms with Crippen molar-refractivity contribution in [2.24, 2.45) is 0 Å². The molecule has 194 valence electrons. The second-order valence-corrected chi connectivity index (χ2v) is 13.8. The Hall–Kier alpha value is -2.92. The van der Waals surface area contributed by atoms with Gasteiger partial charge < -0.3 is 9.47 Å². The van der Waals surface area contributed by atoms with Gasteiger partial charge >= 0.3 is 0 Å². The molecule has 0 N–H and O–H groups in total. The smallest absolute Gasteiger partial charge is 0.231 e. The SMILES string of the molecule is O=S1(=O)CC(S(=O)(=O)c2ccccc2)c2c(CN3CCN(Cc4ccc5c(c4)OCO5)CC3)cccc21. The summed E-state index contributed by atoms with van der Waals surface area (Å²) >= 11 is 0. The number of piperazine rings is 1. The Kier molecular flexibility index (Phi) is 6.22. The highest BCUT2D eigenvalue weighted by Gasteiger charge is 2.44. The van der Waals surface area contributed by atoms with Gasteiger partial charge in [-0.2, -0.15) is 0 Å². The van der Waals surface area contributed by atoms with E-state index < -0.39 is 30.7 Å². The van der Waals surface area contributed by atoms with E-state index >= 15 is 0 Å². The monoisotopic (exact) mass is 540 g/mol. The van der Waals surface area contributed by atoms with Crippen molar-refractivity contribution in [3.63, 3.8) is 0 Å². The van der Waals surface area contributed by atoms with Crippen molar-refractivity contribution in [1.82, 2.24) is 9.80 Å². The van der Waals surface area contributed by atoms with Gasteiger partial charge in [0.05, 0.1) is 15.5 Å². The van der Waals surface area contributed by atoms with Gasteiger partial charge in [-0.05, 0) is 47.0 Å². The Bertz CT molecular complexity index is 1530. The third kappa shape index (κ3) is 4.63. The summed E-state index contributed by atoms with van der Waals surface area (Å²) in [5, 5.41) is -1.10. The van der Waals surface area contributed by atoms with E-state index in [1.54, 1.807) is 24.3 Å². The maximum atomic E-state index is 13.5. The van der Waals surface area contributed by atoms with Crippen LogP contribution < -0.4 is 9.47 Å². The van der Waals surface area contributed by atoms with E-state index in [1.165, 1.54) is 18.2 Å². The molecule has 8 nitrogen and oxygen atoms in total. The number of hydrogen-bond donors (Lipinski definition) is 0. The number of hydrogen-bond acceptors (Lipinski definition) is 8. The van der Waals surface area contributed by atoms with Crippen molar-refractivity contribution in [3.05, 3.63) is 83.4 Å². The molecular formula is C27H28N2O6S2. The van der Waals surface area contributed by atoms with Crippen LogP contribution in [-0.4, -0.2) is 65.4 Å². The van der Waals surface area contributed by atoms with Crippen molar-refractivity contribution in [3.8, 4) is 11.5 Å². The van der Waals surface area contributed by atoms with Crippen LogP contribution in [0.3, 0.4) is 0 Å². The predicted octanol–water partition coefficient (Wildman–Crippen LogP) is 3.04. The zero-order chi connectivity index (χ0) is 25.6. The van der Waals surface area contributed by atoms with Crippen LogP contribution >= 0.6 is 0 Å². The van der Waals surface area contributed by atoms with Crippen molar-refractivity contribution < 1.29 is 26.3 Å². The molecule has 1 fully saturated rings. The first kappa shape index (κ1) is 24.4. The molecule has 3 heterocycles. The van der Waals surface area contributed by atoms with Crippen molar-refractivity contribution in [2.75, 3.05) is 38.7 Å². The number of nitrogens with zero attached hydrogens (tertiary/aromatic N) is 2. The lowest BCUT2D eigenvalue weighted by Crippen LogP contribution is -2.45. The minimum Gasteiger partial charge on any atom is -0.454 e. The summed E-state index contributed by atoms with van der Waals surface area (Å²) in [4.78, 5) is 4.94. The molecule has 1 unspecified atom stereocenters. The van der Waals surface area contributed by atoms with E-state index in [2.05, 4.69) is 15.9 Å². The molecule has 6 rings (SSSR count). The maximum Gasteiger partial charge on any atom is 0.231 e. The average molecular weight is 541 g/mol. The molecule has 3 aliphatic heterocycles. The summed E-state index contributed by atoms with van der Waals surface area (Å²) in [6.45, 7) is 4.89. The number of sulfone groups is 2. The van der Waals surface area contributed by atoms with E-state index in [-0.39, 0.29) is 16.6 Å². The van der Waals surface area contributed by atoms with Gasteiger partial charge in [0.2, 0.25) is 6.79 Å². The van der Waals surface area contributed by atoms with E-state index in [0.29, 0.717) is 12.1 Å². The third-order valence-corrected chi connectivity index (χ3v) is 11.4. The third-order valence-electron chi connectivity index (χ3n) is 7.33. The van der Waals surface area contributed by atoms with Crippen molar-refractivity contribution in [2.45, 2.75) is 28.1 Å². The van der Waals surface area contributed by atoms with Gasteiger partial charge in [0, 0.05) is 39.3 Å². The van der Waals surface area contributed by atoms with Gasteiger partial charge in [-0.1, -0.05) is 36.4 Å². The van der Waals surface area contributed by atoms with E-state index in [0.717, 1.165) is 55.3 Å². The fourth-order valence-corrected chi connectivity index (χ4v) is 9.82. The fourth-order valence-electron chi connectivity index (χ4n) is 5.40. The minimum absolute atomic E-state index is 0.148. The van der Waals surface area contributed by atoms with Gasteiger partial charge in [-0.15, -0.1) is 0 Å². The van der Waals surface area contributed by atoms with Crippen LogP contribution in [-0.2, 0) is 32.8 Å². The average Bonchev–Trinajstić information content (AvgIpc) is 3.48. The molecule has 0 aliphatic carbocycles. The first-order valence-electron chi connectivity index (χ1n) is 12.3. The molecule has 3 aliphatic rings. The molecule has 3 aromatic rings. The Morgan fingerprint density at radius 2 is 1.51 bits per heavy atom. The molecule has 0 saturated carbocycles. The quantitative estimate of drug-likeness (QED) is 0.471. The fraction of sp³-hybridized carbons (Fsp3) is 0.333. The van der Waals surface area contributed by atoms with Crippen LogP contribution in [0.2, 0.25) is 0 Å². The molecule has 3 aromatic carbocycles. The normalized spacial score (nSPS) is 21.1. The highest BCUT2D eigenvalue weighted by Crippen LogP contribution is 2.43. The van der Waals surface area contributed by atoms with Crippen molar-refractivity contribution >= 4 is 19.7 Å². The molecule has 0 amide bonds.